The van der Waals surface area contributed by atoms with E-state index in [-0.39, 0.29) is 0 Å². The Morgan fingerprint density at radius 2 is 2.00 bits per heavy atom. The van der Waals surface area contributed by atoms with E-state index in [0.717, 1.165) is 36.0 Å². The molecule has 0 spiro atoms. The zero-order chi connectivity index (χ0) is 15.6. The van der Waals surface area contributed by atoms with E-state index in [9.17, 15) is 4.79 Å². The Morgan fingerprint density at radius 1 is 1.09 bits per heavy atom. The minimum absolute atomic E-state index is 0.565. The highest BCUT2D eigenvalue weighted by molar-refractivity contribution is 5.94. The minimum atomic E-state index is 0.565. The summed E-state index contributed by atoms with van der Waals surface area (Å²) < 4.78 is 0. The summed E-state index contributed by atoms with van der Waals surface area (Å²) in [6.07, 6.45) is 5.39. The van der Waals surface area contributed by atoms with Crippen LogP contribution in [-0.2, 0) is 0 Å². The van der Waals surface area contributed by atoms with E-state index in [1.165, 1.54) is 12.1 Å². The normalized spacial score (nSPS) is 13.7. The molecule has 3 aromatic rings. The molecule has 4 rings (SSSR count). The van der Waals surface area contributed by atoms with Crippen LogP contribution in [0.2, 0.25) is 0 Å². The predicted molar refractivity (Wildman–Crippen MR) is 91.5 cm³/mol. The topological polar surface area (TPSA) is 58.1 Å². The summed E-state index contributed by atoms with van der Waals surface area (Å²) in [6.45, 7) is 2.23. The first-order valence-corrected chi connectivity index (χ1v) is 7.65. The summed E-state index contributed by atoms with van der Waals surface area (Å²) in [5.41, 5.74) is 3.70. The van der Waals surface area contributed by atoms with Gasteiger partial charge in [-0.05, 0) is 42.8 Å². The number of pyridine rings is 2. The van der Waals surface area contributed by atoms with Crippen LogP contribution >= 0.6 is 0 Å². The zero-order valence-electron chi connectivity index (χ0n) is 12.6. The zero-order valence-corrected chi connectivity index (χ0v) is 12.6. The Balaban J connectivity index is 1.71. The molecule has 0 aliphatic carbocycles. The number of fused-ring (bicyclic) bond motifs is 1. The van der Waals surface area contributed by atoms with Gasteiger partial charge < -0.3 is 10.2 Å². The highest BCUT2D eigenvalue weighted by Crippen LogP contribution is 2.30. The van der Waals surface area contributed by atoms with E-state index in [1.54, 1.807) is 24.5 Å². The van der Waals surface area contributed by atoms with Crippen molar-refractivity contribution in [3.8, 4) is 0 Å². The van der Waals surface area contributed by atoms with Crippen LogP contribution in [0, 0.1) is 0 Å². The fraction of sp³-hybridized carbons (Fsp3) is 0.167. The molecule has 0 atom stereocenters. The molecule has 0 saturated carbocycles. The highest BCUT2D eigenvalue weighted by Gasteiger charge is 2.15. The summed E-state index contributed by atoms with van der Waals surface area (Å²) in [5, 5.41) is 4.38. The second-order valence-corrected chi connectivity index (χ2v) is 5.62. The third-order valence-electron chi connectivity index (χ3n) is 4.13. The lowest BCUT2D eigenvalue weighted by atomic mass is 10.1. The second-order valence-electron chi connectivity index (χ2n) is 5.62. The smallest absolute Gasteiger partial charge is 0.151 e. The maximum absolute atomic E-state index is 10.7. The van der Waals surface area contributed by atoms with E-state index < -0.39 is 0 Å². The van der Waals surface area contributed by atoms with Gasteiger partial charge in [-0.15, -0.1) is 0 Å². The Kier molecular flexibility index (Phi) is 3.38. The summed E-state index contributed by atoms with van der Waals surface area (Å²) in [5.74, 6) is 0.706. The number of carbonyl (C=O) groups excluding carboxylic acids is 1. The molecular weight excluding hydrogens is 288 g/mol. The second kappa shape index (κ2) is 5.68. The Hall–Kier alpha value is -2.95. The lowest BCUT2D eigenvalue weighted by molar-refractivity contribution is 0.112. The van der Waals surface area contributed by atoms with Crippen molar-refractivity contribution < 1.29 is 4.79 Å². The van der Waals surface area contributed by atoms with Crippen LogP contribution in [0.25, 0.3) is 10.9 Å². The van der Waals surface area contributed by atoms with E-state index >= 15 is 0 Å². The molecule has 0 bridgehead atoms. The number of nitrogens with zero attached hydrogens (tertiary/aromatic N) is 3. The van der Waals surface area contributed by atoms with Crippen molar-refractivity contribution in [3.05, 3.63) is 54.4 Å². The van der Waals surface area contributed by atoms with E-state index in [0.29, 0.717) is 11.4 Å². The molecule has 1 saturated heterocycles. The minimum Gasteiger partial charge on any atom is -0.371 e. The van der Waals surface area contributed by atoms with Crippen LogP contribution in [-0.4, -0.2) is 29.3 Å². The van der Waals surface area contributed by atoms with Crippen molar-refractivity contribution in [2.75, 3.05) is 23.3 Å². The van der Waals surface area contributed by atoms with Crippen molar-refractivity contribution in [2.24, 2.45) is 0 Å². The third kappa shape index (κ3) is 2.61. The molecule has 1 aliphatic heterocycles. The van der Waals surface area contributed by atoms with Crippen LogP contribution in [0.3, 0.4) is 0 Å². The van der Waals surface area contributed by atoms with Gasteiger partial charge in [0.25, 0.3) is 0 Å². The molecule has 114 valence electrons. The van der Waals surface area contributed by atoms with Gasteiger partial charge in [0.2, 0.25) is 0 Å². The number of aromatic nitrogens is 2. The first-order valence-electron chi connectivity index (χ1n) is 7.65. The van der Waals surface area contributed by atoms with E-state index in [2.05, 4.69) is 38.4 Å². The molecule has 1 aromatic carbocycles. The average Bonchev–Trinajstić information content (AvgIpc) is 2.54. The largest absolute Gasteiger partial charge is 0.371 e. The third-order valence-corrected chi connectivity index (χ3v) is 4.13. The molecule has 5 nitrogen and oxygen atoms in total. The molecule has 5 heteroatoms. The lowest BCUT2D eigenvalue weighted by Crippen LogP contribution is -2.36. The van der Waals surface area contributed by atoms with Crippen molar-refractivity contribution in [2.45, 2.75) is 6.42 Å². The van der Waals surface area contributed by atoms with Crippen LogP contribution in [0.1, 0.15) is 16.8 Å². The molecule has 23 heavy (non-hydrogen) atoms. The van der Waals surface area contributed by atoms with Crippen LogP contribution < -0.4 is 10.2 Å². The molecule has 1 aliphatic rings. The van der Waals surface area contributed by atoms with Gasteiger partial charge in [0.1, 0.15) is 5.82 Å². The van der Waals surface area contributed by atoms with Crippen molar-refractivity contribution in [1.82, 2.24) is 9.97 Å². The number of carbonyl (C=O) groups is 1. The molecule has 0 unspecified atom stereocenters. The molecule has 1 N–H and O–H groups in total. The quantitative estimate of drug-likeness (QED) is 0.749. The molecular formula is C18H16N4O. The van der Waals surface area contributed by atoms with E-state index in [1.807, 2.05) is 6.07 Å². The van der Waals surface area contributed by atoms with Crippen molar-refractivity contribution >= 4 is 34.4 Å². The van der Waals surface area contributed by atoms with Gasteiger partial charge in [0.15, 0.2) is 6.29 Å². The summed E-state index contributed by atoms with van der Waals surface area (Å²) in [7, 11) is 0. The molecule has 0 amide bonds. The number of aldehydes is 1. The Labute approximate surface area is 134 Å². The molecule has 3 heterocycles. The van der Waals surface area contributed by atoms with Gasteiger partial charge in [0.05, 0.1) is 11.2 Å². The van der Waals surface area contributed by atoms with Gasteiger partial charge in [-0.2, -0.15) is 0 Å². The predicted octanol–water partition coefficient (Wildman–Crippen LogP) is 3.40. The van der Waals surface area contributed by atoms with Crippen LogP contribution in [0.4, 0.5) is 17.2 Å². The van der Waals surface area contributed by atoms with Crippen LogP contribution in [0.15, 0.2) is 48.8 Å². The Bertz CT molecular complexity index is 857. The standard InChI is InChI=1S/C18H16N4O/c23-12-13-2-5-18(20-11-13)21-17-6-7-19-16-4-3-14(10-15(16)17)22-8-1-9-22/h2-7,10-12H,1,8-9H2,(H,19,20,21). The van der Waals surface area contributed by atoms with Gasteiger partial charge in [-0.25, -0.2) is 4.98 Å². The first-order chi connectivity index (χ1) is 11.3. The van der Waals surface area contributed by atoms with Gasteiger partial charge in [-0.1, -0.05) is 0 Å². The van der Waals surface area contributed by atoms with Gasteiger partial charge in [0, 0.05) is 42.1 Å². The fourth-order valence-corrected chi connectivity index (χ4v) is 2.70. The number of hydrogen-bond donors (Lipinski definition) is 1. The van der Waals surface area contributed by atoms with Crippen molar-refractivity contribution in [3.63, 3.8) is 0 Å². The molecule has 2 aromatic heterocycles. The number of nitrogens with one attached hydrogen (secondary N) is 1. The van der Waals surface area contributed by atoms with Crippen LogP contribution in [0.5, 0.6) is 0 Å². The first kappa shape index (κ1) is 13.7. The maximum atomic E-state index is 10.7. The fourth-order valence-electron chi connectivity index (χ4n) is 2.70. The van der Waals surface area contributed by atoms with Gasteiger partial charge >= 0.3 is 0 Å². The Morgan fingerprint density at radius 3 is 2.70 bits per heavy atom. The number of hydrogen-bond acceptors (Lipinski definition) is 5. The molecule has 1 fully saturated rings. The summed E-state index contributed by atoms with van der Waals surface area (Å²) in [4.78, 5) is 21.8. The summed E-state index contributed by atoms with van der Waals surface area (Å²) >= 11 is 0. The summed E-state index contributed by atoms with van der Waals surface area (Å²) in [6, 6.07) is 11.8. The number of anilines is 3. The highest BCUT2D eigenvalue weighted by atomic mass is 16.1. The molecule has 0 radical (unpaired) electrons. The SMILES string of the molecule is O=Cc1ccc(Nc2ccnc3ccc(N4CCC4)cc23)nc1. The number of rotatable bonds is 4. The average molecular weight is 304 g/mol. The van der Waals surface area contributed by atoms with E-state index in [4.69, 9.17) is 0 Å². The van der Waals surface area contributed by atoms with Gasteiger partial charge in [-0.3, -0.25) is 9.78 Å². The lowest BCUT2D eigenvalue weighted by Gasteiger charge is -2.33. The monoisotopic (exact) mass is 304 g/mol. The van der Waals surface area contributed by atoms with Crippen molar-refractivity contribution in [1.29, 1.82) is 0 Å². The maximum Gasteiger partial charge on any atom is 0.151 e. The number of benzene rings is 1.